The average molecular weight is 488 g/mol. The van der Waals surface area contributed by atoms with Crippen LogP contribution in [0.25, 0.3) is 0 Å². The van der Waals surface area contributed by atoms with Crippen LogP contribution in [-0.4, -0.2) is 43.6 Å². The van der Waals surface area contributed by atoms with Crippen LogP contribution in [0.2, 0.25) is 0 Å². The Balaban J connectivity index is 0.00000243. The van der Waals surface area contributed by atoms with Crippen molar-refractivity contribution < 1.29 is 0 Å². The zero-order valence-corrected chi connectivity index (χ0v) is 19.2. The normalized spacial score (nSPS) is 21.4. The predicted molar refractivity (Wildman–Crippen MR) is 126 cm³/mol. The number of halogens is 1. The fourth-order valence-corrected chi connectivity index (χ4v) is 4.71. The van der Waals surface area contributed by atoms with Gasteiger partial charge in [0.1, 0.15) is 0 Å². The van der Waals surface area contributed by atoms with Gasteiger partial charge in [-0.3, -0.25) is 4.99 Å². The Morgan fingerprint density at radius 1 is 1.15 bits per heavy atom. The molecule has 1 aromatic rings. The van der Waals surface area contributed by atoms with Gasteiger partial charge in [-0.2, -0.15) is 11.8 Å². The van der Waals surface area contributed by atoms with Gasteiger partial charge in [-0.25, -0.2) is 0 Å². The second kappa shape index (κ2) is 11.3. The Labute approximate surface area is 180 Å². The number of hydrogen-bond donors (Lipinski definition) is 2. The van der Waals surface area contributed by atoms with Crippen LogP contribution < -0.4 is 15.5 Å². The van der Waals surface area contributed by atoms with E-state index in [0.29, 0.717) is 0 Å². The van der Waals surface area contributed by atoms with E-state index in [1.54, 1.807) is 0 Å². The Morgan fingerprint density at radius 3 is 2.50 bits per heavy atom. The molecule has 0 aliphatic carbocycles. The lowest BCUT2D eigenvalue weighted by molar-refractivity contribution is 0.438. The molecule has 1 unspecified atom stereocenters. The van der Waals surface area contributed by atoms with Gasteiger partial charge in [-0.05, 0) is 55.1 Å². The van der Waals surface area contributed by atoms with Crippen LogP contribution in [0.4, 0.5) is 5.69 Å². The number of thioether (sulfide) groups is 1. The van der Waals surface area contributed by atoms with Crippen LogP contribution in [0.3, 0.4) is 0 Å². The highest BCUT2D eigenvalue weighted by Gasteiger charge is 2.16. The number of anilines is 1. The molecule has 0 saturated carbocycles. The quantitative estimate of drug-likeness (QED) is 0.372. The standard InChI is InChI=1S/C20H32N4S.HI/c1-16-9-11-24(12-10-16)18-7-5-17(6-8-18)14-22-20(21-2)23-15-19-4-3-13-25-19;/h5-8,16,19H,3-4,9-15H2,1-2H3,(H2,21,22,23);1H. The zero-order valence-electron chi connectivity index (χ0n) is 16.0. The largest absolute Gasteiger partial charge is 0.372 e. The number of aliphatic imine (C=N–C) groups is 1. The molecule has 26 heavy (non-hydrogen) atoms. The topological polar surface area (TPSA) is 39.7 Å². The minimum atomic E-state index is 0. The Morgan fingerprint density at radius 2 is 1.88 bits per heavy atom. The Hall–Kier alpha value is -0.630. The molecule has 2 heterocycles. The maximum absolute atomic E-state index is 4.34. The first kappa shape index (κ1) is 21.7. The highest BCUT2D eigenvalue weighted by Crippen LogP contribution is 2.25. The first-order valence-electron chi connectivity index (χ1n) is 9.64. The minimum Gasteiger partial charge on any atom is -0.372 e. The molecule has 1 atom stereocenters. The van der Waals surface area contributed by atoms with Crippen LogP contribution in [0, 0.1) is 5.92 Å². The highest BCUT2D eigenvalue weighted by atomic mass is 127. The number of guanidine groups is 1. The van der Waals surface area contributed by atoms with Crippen LogP contribution in [0.15, 0.2) is 29.3 Å². The van der Waals surface area contributed by atoms with E-state index < -0.39 is 0 Å². The second-order valence-electron chi connectivity index (χ2n) is 7.28. The Bertz CT molecular complexity index is 549. The summed E-state index contributed by atoms with van der Waals surface area (Å²) < 4.78 is 0. The summed E-state index contributed by atoms with van der Waals surface area (Å²) in [6, 6.07) is 9.00. The molecule has 0 spiro atoms. The van der Waals surface area contributed by atoms with Gasteiger partial charge in [0.2, 0.25) is 0 Å². The van der Waals surface area contributed by atoms with E-state index in [2.05, 4.69) is 63.5 Å². The lowest BCUT2D eigenvalue weighted by atomic mass is 9.99. The molecule has 0 aromatic heterocycles. The van der Waals surface area contributed by atoms with E-state index in [4.69, 9.17) is 0 Å². The molecule has 0 radical (unpaired) electrons. The van der Waals surface area contributed by atoms with E-state index in [9.17, 15) is 0 Å². The lowest BCUT2D eigenvalue weighted by Gasteiger charge is -2.32. The molecule has 1 aromatic carbocycles. The maximum Gasteiger partial charge on any atom is 0.191 e. The molecule has 2 aliphatic rings. The summed E-state index contributed by atoms with van der Waals surface area (Å²) in [6.45, 7) is 6.56. The number of piperidine rings is 1. The number of hydrogen-bond acceptors (Lipinski definition) is 3. The monoisotopic (exact) mass is 488 g/mol. The predicted octanol–water partition coefficient (Wildman–Crippen LogP) is 4.10. The van der Waals surface area contributed by atoms with E-state index in [1.807, 2.05) is 7.05 Å². The van der Waals surface area contributed by atoms with Crippen molar-refractivity contribution in [1.29, 1.82) is 0 Å². The molecule has 6 heteroatoms. The second-order valence-corrected chi connectivity index (χ2v) is 8.69. The molecule has 2 saturated heterocycles. The zero-order chi connectivity index (χ0) is 17.5. The van der Waals surface area contributed by atoms with Crippen molar-refractivity contribution in [2.24, 2.45) is 10.9 Å². The molecular weight excluding hydrogens is 455 g/mol. The molecule has 4 nitrogen and oxygen atoms in total. The first-order valence-corrected chi connectivity index (χ1v) is 10.7. The van der Waals surface area contributed by atoms with Crippen LogP contribution in [-0.2, 0) is 6.54 Å². The van der Waals surface area contributed by atoms with Crippen molar-refractivity contribution in [2.75, 3.05) is 37.3 Å². The van der Waals surface area contributed by atoms with Gasteiger partial charge in [0.05, 0.1) is 0 Å². The molecule has 2 N–H and O–H groups in total. The molecule has 146 valence electrons. The smallest absolute Gasteiger partial charge is 0.191 e. The van der Waals surface area contributed by atoms with Crippen molar-refractivity contribution in [2.45, 2.75) is 44.4 Å². The third kappa shape index (κ3) is 6.51. The summed E-state index contributed by atoms with van der Waals surface area (Å²) in [7, 11) is 1.84. The van der Waals surface area contributed by atoms with Gasteiger partial charge in [0.25, 0.3) is 0 Å². The van der Waals surface area contributed by atoms with E-state index in [0.717, 1.165) is 30.2 Å². The van der Waals surface area contributed by atoms with Gasteiger partial charge in [0, 0.05) is 44.2 Å². The molecular formula is C20H33IN4S. The number of nitrogens with one attached hydrogen (secondary N) is 2. The van der Waals surface area contributed by atoms with Gasteiger partial charge < -0.3 is 15.5 Å². The van der Waals surface area contributed by atoms with Crippen molar-refractivity contribution >= 4 is 47.4 Å². The summed E-state index contributed by atoms with van der Waals surface area (Å²) in [5.74, 6) is 3.09. The van der Waals surface area contributed by atoms with E-state index >= 15 is 0 Å². The molecule has 0 bridgehead atoms. The van der Waals surface area contributed by atoms with Crippen molar-refractivity contribution in [3.05, 3.63) is 29.8 Å². The number of nitrogens with zero attached hydrogens (tertiary/aromatic N) is 2. The lowest BCUT2D eigenvalue weighted by Crippen LogP contribution is -2.39. The molecule has 2 aliphatic heterocycles. The van der Waals surface area contributed by atoms with Crippen LogP contribution in [0.5, 0.6) is 0 Å². The van der Waals surface area contributed by atoms with Crippen LogP contribution >= 0.6 is 35.7 Å². The first-order chi connectivity index (χ1) is 12.2. The SMILES string of the molecule is CN=C(NCc1ccc(N2CCC(C)CC2)cc1)NCC1CCCS1.I. The third-order valence-electron chi connectivity index (χ3n) is 5.29. The fraction of sp³-hybridized carbons (Fsp3) is 0.650. The van der Waals surface area contributed by atoms with Crippen molar-refractivity contribution in [3.63, 3.8) is 0 Å². The summed E-state index contributed by atoms with van der Waals surface area (Å²) in [5.41, 5.74) is 2.66. The summed E-state index contributed by atoms with van der Waals surface area (Å²) >= 11 is 2.07. The maximum atomic E-state index is 4.34. The van der Waals surface area contributed by atoms with E-state index in [1.165, 1.54) is 55.8 Å². The summed E-state index contributed by atoms with van der Waals surface area (Å²) in [6.07, 6.45) is 5.30. The molecule has 2 fully saturated rings. The van der Waals surface area contributed by atoms with Gasteiger partial charge in [-0.15, -0.1) is 24.0 Å². The molecule has 3 rings (SSSR count). The van der Waals surface area contributed by atoms with Gasteiger partial charge in [-0.1, -0.05) is 19.1 Å². The number of benzene rings is 1. The summed E-state index contributed by atoms with van der Waals surface area (Å²) in [4.78, 5) is 6.85. The van der Waals surface area contributed by atoms with Gasteiger partial charge in [0.15, 0.2) is 5.96 Å². The van der Waals surface area contributed by atoms with Gasteiger partial charge >= 0.3 is 0 Å². The number of rotatable bonds is 5. The highest BCUT2D eigenvalue weighted by molar-refractivity contribution is 14.0. The average Bonchev–Trinajstić information content (AvgIpc) is 3.17. The fourth-order valence-electron chi connectivity index (χ4n) is 3.51. The third-order valence-corrected chi connectivity index (χ3v) is 6.69. The minimum absolute atomic E-state index is 0. The van der Waals surface area contributed by atoms with Crippen molar-refractivity contribution in [3.8, 4) is 0 Å². The van der Waals surface area contributed by atoms with Crippen LogP contribution in [0.1, 0.15) is 38.2 Å². The van der Waals surface area contributed by atoms with Crippen molar-refractivity contribution in [1.82, 2.24) is 10.6 Å². The summed E-state index contributed by atoms with van der Waals surface area (Å²) in [5, 5.41) is 7.63. The Kier molecular flexibility index (Phi) is 9.39. The van der Waals surface area contributed by atoms with E-state index in [-0.39, 0.29) is 24.0 Å². The molecule has 0 amide bonds.